The molecule has 66 valence electrons. The van der Waals surface area contributed by atoms with Crippen molar-refractivity contribution >= 4 is 23.5 Å². The van der Waals surface area contributed by atoms with Crippen LogP contribution in [0, 0.1) is 0 Å². The fourth-order valence-corrected chi connectivity index (χ4v) is 1.98. The highest BCUT2D eigenvalue weighted by atomic mass is 16.1. The van der Waals surface area contributed by atoms with Gasteiger partial charge in [-0.05, 0) is 16.9 Å². The average Bonchev–Trinajstić information content (AvgIpc) is 2.39. The SMILES string of the molecule is O=C1C=c2cccc3c2=C1C=CC=C3. The van der Waals surface area contributed by atoms with Gasteiger partial charge in [-0.25, -0.2) is 0 Å². The fourth-order valence-electron chi connectivity index (χ4n) is 1.98. The van der Waals surface area contributed by atoms with Crippen LogP contribution in [0.1, 0.15) is 5.56 Å². The molecule has 0 saturated heterocycles. The Labute approximate surface area is 81.4 Å². The quantitative estimate of drug-likeness (QED) is 0.576. The zero-order chi connectivity index (χ0) is 9.54. The van der Waals surface area contributed by atoms with Crippen molar-refractivity contribution in [2.45, 2.75) is 0 Å². The number of allylic oxidation sites excluding steroid dienone is 3. The summed E-state index contributed by atoms with van der Waals surface area (Å²) in [5.41, 5.74) is 1.95. The van der Waals surface area contributed by atoms with Crippen LogP contribution in [0.25, 0.3) is 17.7 Å². The first kappa shape index (κ1) is 7.51. The van der Waals surface area contributed by atoms with Crippen molar-refractivity contribution in [3.05, 3.63) is 52.4 Å². The molecule has 1 nitrogen and oxygen atoms in total. The van der Waals surface area contributed by atoms with E-state index in [0.29, 0.717) is 0 Å². The molecule has 1 aromatic carbocycles. The number of rotatable bonds is 0. The van der Waals surface area contributed by atoms with Gasteiger partial charge in [-0.2, -0.15) is 0 Å². The molecular weight excluding hydrogens is 172 g/mol. The van der Waals surface area contributed by atoms with Crippen molar-refractivity contribution < 1.29 is 4.79 Å². The van der Waals surface area contributed by atoms with E-state index in [0.717, 1.165) is 21.6 Å². The van der Waals surface area contributed by atoms with E-state index in [9.17, 15) is 4.79 Å². The zero-order valence-electron chi connectivity index (χ0n) is 7.53. The van der Waals surface area contributed by atoms with Crippen molar-refractivity contribution in [3.63, 3.8) is 0 Å². The van der Waals surface area contributed by atoms with Gasteiger partial charge in [0.2, 0.25) is 0 Å². The van der Waals surface area contributed by atoms with Gasteiger partial charge in [0.05, 0.1) is 0 Å². The Balaban J connectivity index is 2.61. The van der Waals surface area contributed by atoms with Crippen LogP contribution in [-0.2, 0) is 4.79 Å². The molecule has 2 aliphatic rings. The van der Waals surface area contributed by atoms with E-state index in [-0.39, 0.29) is 5.78 Å². The first-order valence-corrected chi connectivity index (χ1v) is 4.60. The van der Waals surface area contributed by atoms with E-state index in [1.54, 1.807) is 6.08 Å². The summed E-state index contributed by atoms with van der Waals surface area (Å²) < 4.78 is 0. The van der Waals surface area contributed by atoms with Gasteiger partial charge in [0.15, 0.2) is 5.78 Å². The highest BCUT2D eigenvalue weighted by Crippen LogP contribution is 2.09. The molecule has 0 aliphatic heterocycles. The van der Waals surface area contributed by atoms with Gasteiger partial charge in [-0.15, -0.1) is 0 Å². The van der Waals surface area contributed by atoms with Gasteiger partial charge >= 0.3 is 0 Å². The Hall–Kier alpha value is -1.89. The monoisotopic (exact) mass is 180 g/mol. The highest BCUT2D eigenvalue weighted by Gasteiger charge is 2.13. The maximum absolute atomic E-state index is 11.6. The number of carbonyl (C=O) groups excluding carboxylic acids is 1. The molecule has 0 unspecified atom stereocenters. The predicted molar refractivity (Wildman–Crippen MR) is 56.7 cm³/mol. The Morgan fingerprint density at radius 3 is 2.79 bits per heavy atom. The summed E-state index contributed by atoms with van der Waals surface area (Å²) in [6.45, 7) is 0. The molecule has 14 heavy (non-hydrogen) atoms. The summed E-state index contributed by atoms with van der Waals surface area (Å²) in [6, 6.07) is 6.00. The minimum absolute atomic E-state index is 0.118. The number of Topliss-reactive ketones (excluding diaryl/α,β-unsaturated/α-hetero) is 1. The van der Waals surface area contributed by atoms with Crippen molar-refractivity contribution in [1.82, 2.24) is 0 Å². The minimum Gasteiger partial charge on any atom is -0.289 e. The molecule has 0 amide bonds. The molecule has 0 N–H and O–H groups in total. The first-order valence-electron chi connectivity index (χ1n) is 4.60. The topological polar surface area (TPSA) is 17.1 Å². The van der Waals surface area contributed by atoms with E-state index in [1.807, 2.05) is 42.5 Å². The van der Waals surface area contributed by atoms with Crippen LogP contribution >= 0.6 is 0 Å². The largest absolute Gasteiger partial charge is 0.289 e. The second-order valence-corrected chi connectivity index (χ2v) is 3.45. The average molecular weight is 180 g/mol. The summed E-state index contributed by atoms with van der Waals surface area (Å²) in [4.78, 5) is 11.6. The number of hydrogen-bond acceptors (Lipinski definition) is 1. The molecule has 0 bridgehead atoms. The van der Waals surface area contributed by atoms with Crippen LogP contribution in [0.4, 0.5) is 0 Å². The van der Waals surface area contributed by atoms with E-state index in [4.69, 9.17) is 0 Å². The summed E-state index contributed by atoms with van der Waals surface area (Å²) in [7, 11) is 0. The molecule has 0 fully saturated rings. The van der Waals surface area contributed by atoms with Crippen LogP contribution in [-0.4, -0.2) is 5.78 Å². The van der Waals surface area contributed by atoms with Gasteiger partial charge in [0, 0.05) is 10.8 Å². The maximum atomic E-state index is 11.6. The van der Waals surface area contributed by atoms with E-state index in [1.165, 1.54) is 0 Å². The lowest BCUT2D eigenvalue weighted by Crippen LogP contribution is -2.25. The van der Waals surface area contributed by atoms with Crippen molar-refractivity contribution in [2.75, 3.05) is 0 Å². The van der Waals surface area contributed by atoms with E-state index in [2.05, 4.69) is 0 Å². The molecule has 0 saturated carbocycles. The van der Waals surface area contributed by atoms with E-state index >= 15 is 0 Å². The molecule has 0 heterocycles. The third-order valence-electron chi connectivity index (χ3n) is 2.60. The van der Waals surface area contributed by atoms with Crippen molar-refractivity contribution in [2.24, 2.45) is 0 Å². The van der Waals surface area contributed by atoms with Crippen molar-refractivity contribution in [3.8, 4) is 0 Å². The Kier molecular flexibility index (Phi) is 1.37. The number of hydrogen-bond donors (Lipinski definition) is 0. The second kappa shape index (κ2) is 2.55. The summed E-state index contributed by atoms with van der Waals surface area (Å²) in [6.07, 6.45) is 9.51. The molecule has 2 aliphatic carbocycles. The first-order chi connectivity index (χ1) is 6.86. The maximum Gasteiger partial charge on any atom is 0.187 e. The highest BCUT2D eigenvalue weighted by molar-refractivity contribution is 6.35. The van der Waals surface area contributed by atoms with Crippen molar-refractivity contribution in [1.29, 1.82) is 0 Å². The summed E-state index contributed by atoms with van der Waals surface area (Å²) >= 11 is 0. The molecule has 0 spiro atoms. The van der Waals surface area contributed by atoms with Gasteiger partial charge in [-0.1, -0.05) is 42.5 Å². The molecule has 3 rings (SSSR count). The molecule has 1 aromatic rings. The van der Waals surface area contributed by atoms with E-state index < -0.39 is 0 Å². The van der Waals surface area contributed by atoms with Crippen LogP contribution in [0.5, 0.6) is 0 Å². The van der Waals surface area contributed by atoms with Crippen LogP contribution in [0.15, 0.2) is 36.4 Å². The lowest BCUT2D eigenvalue weighted by atomic mass is 10.1. The molecular formula is C13H8O. The Morgan fingerprint density at radius 2 is 1.86 bits per heavy atom. The normalized spacial score (nSPS) is 16.6. The third-order valence-corrected chi connectivity index (χ3v) is 2.60. The Morgan fingerprint density at radius 1 is 1.00 bits per heavy atom. The van der Waals surface area contributed by atoms with Crippen LogP contribution < -0.4 is 10.4 Å². The minimum atomic E-state index is 0.118. The smallest absolute Gasteiger partial charge is 0.187 e. The molecule has 0 atom stereocenters. The summed E-state index contributed by atoms with van der Waals surface area (Å²) in [5.74, 6) is 0.118. The number of ketones is 1. The van der Waals surface area contributed by atoms with Gasteiger partial charge in [0.1, 0.15) is 0 Å². The standard InChI is InChI=1S/C13H8O/c14-12-8-10-6-3-5-9-4-1-2-7-11(12)13(9)10/h1-8H. The van der Waals surface area contributed by atoms with Gasteiger partial charge in [-0.3, -0.25) is 4.79 Å². The predicted octanol–water partition coefficient (Wildman–Crippen LogP) is 0.784. The summed E-state index contributed by atoms with van der Waals surface area (Å²) in [5, 5.41) is 2.13. The third kappa shape index (κ3) is 0.867. The Bertz CT molecular complexity index is 601. The molecule has 1 heteroatoms. The zero-order valence-corrected chi connectivity index (χ0v) is 7.53. The lowest BCUT2D eigenvalue weighted by molar-refractivity contribution is -0.108. The van der Waals surface area contributed by atoms with Crippen LogP contribution in [0.3, 0.4) is 0 Å². The van der Waals surface area contributed by atoms with Crippen LogP contribution in [0.2, 0.25) is 0 Å². The fraction of sp³-hybridized carbons (Fsp3) is 0. The lowest BCUT2D eigenvalue weighted by Gasteiger charge is -1.94. The van der Waals surface area contributed by atoms with Gasteiger partial charge < -0.3 is 0 Å². The number of carbonyl (C=O) groups is 1. The van der Waals surface area contributed by atoms with Gasteiger partial charge in [0.25, 0.3) is 0 Å². The number of benzene rings is 1. The second-order valence-electron chi connectivity index (χ2n) is 3.45. The molecule has 0 aromatic heterocycles. The molecule has 0 radical (unpaired) electrons.